The summed E-state index contributed by atoms with van der Waals surface area (Å²) in [5.41, 5.74) is 2.10. The lowest BCUT2D eigenvalue weighted by Gasteiger charge is -2.43. The number of esters is 3. The van der Waals surface area contributed by atoms with Crippen molar-refractivity contribution in [2.45, 2.75) is 38.4 Å². The number of nitrogens with one attached hydrogen (secondary N) is 1. The molecule has 196 valence electrons. The van der Waals surface area contributed by atoms with Gasteiger partial charge in [0.2, 0.25) is 0 Å². The molecule has 0 aliphatic heterocycles. The molecule has 0 saturated heterocycles. The Bertz CT molecular complexity index is 1090. The molecule has 0 amide bonds. The molecular weight excluding hydrogens is 468 g/mol. The largest absolute Gasteiger partial charge is 0.497 e. The minimum Gasteiger partial charge on any atom is -0.497 e. The maximum Gasteiger partial charge on any atom is 0.311 e. The SMILES string of the molecule is COC(=O)C[C@@H]1[C@H](C(=O)OC)[C@@H](OC)[C@H](OC(C)=O)C[C@@H]1C=NCCc1c[nH]c2cc(OC)ccc12. The normalized spacial score (nSPS) is 24.0. The summed E-state index contributed by atoms with van der Waals surface area (Å²) in [7, 11) is 5.65. The number of methoxy groups -OCH3 is 4. The number of hydrogen-bond acceptors (Lipinski definition) is 9. The molecule has 2 aromatic rings. The molecule has 5 atom stereocenters. The molecule has 0 bridgehead atoms. The Morgan fingerprint density at radius 2 is 1.92 bits per heavy atom. The predicted octanol–water partition coefficient (Wildman–Crippen LogP) is 2.72. The molecule has 1 N–H and O–H groups in total. The fourth-order valence-corrected chi connectivity index (χ4v) is 5.01. The van der Waals surface area contributed by atoms with E-state index < -0.39 is 42.0 Å². The van der Waals surface area contributed by atoms with Gasteiger partial charge in [-0.2, -0.15) is 0 Å². The summed E-state index contributed by atoms with van der Waals surface area (Å²) < 4.78 is 26.3. The Hall–Kier alpha value is -3.40. The zero-order valence-electron chi connectivity index (χ0n) is 21.3. The molecule has 0 unspecified atom stereocenters. The van der Waals surface area contributed by atoms with Crippen LogP contribution >= 0.6 is 0 Å². The fourth-order valence-electron chi connectivity index (χ4n) is 5.01. The van der Waals surface area contributed by atoms with E-state index in [0.717, 1.165) is 22.2 Å². The molecule has 1 aliphatic rings. The van der Waals surface area contributed by atoms with E-state index in [0.29, 0.717) is 19.4 Å². The Morgan fingerprint density at radius 1 is 1.14 bits per heavy atom. The van der Waals surface area contributed by atoms with Crippen LogP contribution in [0.4, 0.5) is 0 Å². The zero-order valence-corrected chi connectivity index (χ0v) is 21.3. The fraction of sp³-hybridized carbons (Fsp3) is 0.538. The van der Waals surface area contributed by atoms with Crippen LogP contribution in [-0.2, 0) is 39.8 Å². The number of benzene rings is 1. The van der Waals surface area contributed by atoms with Gasteiger partial charge in [-0.05, 0) is 36.5 Å². The van der Waals surface area contributed by atoms with Crippen LogP contribution in [-0.4, -0.2) is 76.3 Å². The Balaban J connectivity index is 1.82. The van der Waals surface area contributed by atoms with Gasteiger partial charge >= 0.3 is 17.9 Å². The van der Waals surface area contributed by atoms with E-state index in [2.05, 4.69) is 9.98 Å². The smallest absolute Gasteiger partial charge is 0.311 e. The van der Waals surface area contributed by atoms with Crippen molar-refractivity contribution >= 4 is 35.0 Å². The number of ether oxygens (including phenoxy) is 5. The first-order chi connectivity index (χ1) is 17.3. The van der Waals surface area contributed by atoms with Gasteiger partial charge in [0.1, 0.15) is 18.0 Å². The van der Waals surface area contributed by atoms with Gasteiger partial charge in [-0.25, -0.2) is 0 Å². The van der Waals surface area contributed by atoms with Gasteiger partial charge in [0.25, 0.3) is 0 Å². The predicted molar refractivity (Wildman–Crippen MR) is 132 cm³/mol. The number of carbonyl (C=O) groups is 3. The third-order valence-corrected chi connectivity index (χ3v) is 6.71. The van der Waals surface area contributed by atoms with Gasteiger partial charge in [0, 0.05) is 62.3 Å². The highest BCUT2D eigenvalue weighted by atomic mass is 16.6. The van der Waals surface area contributed by atoms with Crippen molar-refractivity contribution in [3.63, 3.8) is 0 Å². The van der Waals surface area contributed by atoms with E-state index in [1.165, 1.54) is 28.3 Å². The van der Waals surface area contributed by atoms with Gasteiger partial charge in [-0.15, -0.1) is 0 Å². The summed E-state index contributed by atoms with van der Waals surface area (Å²) in [6, 6.07) is 5.86. The Labute approximate surface area is 210 Å². The van der Waals surface area contributed by atoms with E-state index in [4.69, 9.17) is 23.7 Å². The number of carbonyl (C=O) groups excluding carboxylic acids is 3. The van der Waals surface area contributed by atoms with Crippen molar-refractivity contribution in [3.05, 3.63) is 30.0 Å². The van der Waals surface area contributed by atoms with Crippen molar-refractivity contribution in [3.8, 4) is 5.75 Å². The molecule has 3 rings (SSSR count). The van der Waals surface area contributed by atoms with Gasteiger partial charge in [0.05, 0.1) is 27.2 Å². The van der Waals surface area contributed by atoms with Crippen LogP contribution in [0.25, 0.3) is 10.9 Å². The number of aromatic amines is 1. The number of nitrogens with zero attached hydrogens (tertiary/aromatic N) is 1. The molecule has 10 nitrogen and oxygen atoms in total. The number of rotatable bonds is 10. The number of aliphatic imine (C=N–C) groups is 1. The van der Waals surface area contributed by atoms with Crippen LogP contribution in [0.5, 0.6) is 5.75 Å². The highest BCUT2D eigenvalue weighted by molar-refractivity contribution is 5.84. The summed E-state index contributed by atoms with van der Waals surface area (Å²) >= 11 is 0. The first-order valence-electron chi connectivity index (χ1n) is 11.8. The monoisotopic (exact) mass is 502 g/mol. The van der Waals surface area contributed by atoms with E-state index >= 15 is 0 Å². The van der Waals surface area contributed by atoms with Crippen LogP contribution in [0.2, 0.25) is 0 Å². The second-order valence-corrected chi connectivity index (χ2v) is 8.77. The number of hydrogen-bond donors (Lipinski definition) is 1. The second kappa shape index (κ2) is 12.5. The lowest BCUT2D eigenvalue weighted by molar-refractivity contribution is -0.181. The topological polar surface area (TPSA) is 126 Å². The van der Waals surface area contributed by atoms with Crippen LogP contribution in [0.15, 0.2) is 29.4 Å². The Kier molecular flexibility index (Phi) is 9.46. The lowest BCUT2D eigenvalue weighted by Crippen LogP contribution is -2.53. The van der Waals surface area contributed by atoms with Crippen molar-refractivity contribution in [2.75, 3.05) is 35.0 Å². The third kappa shape index (κ3) is 6.23. The third-order valence-electron chi connectivity index (χ3n) is 6.71. The highest BCUT2D eigenvalue weighted by Gasteiger charge is 2.50. The van der Waals surface area contributed by atoms with Crippen LogP contribution in [0, 0.1) is 17.8 Å². The van der Waals surface area contributed by atoms with Gasteiger partial charge in [-0.1, -0.05) is 0 Å². The van der Waals surface area contributed by atoms with E-state index in [9.17, 15) is 14.4 Å². The molecule has 1 aromatic heterocycles. The first kappa shape index (κ1) is 27.2. The minimum atomic E-state index is -0.836. The van der Waals surface area contributed by atoms with Gasteiger partial charge < -0.3 is 28.7 Å². The molecule has 1 heterocycles. The average molecular weight is 503 g/mol. The average Bonchev–Trinajstić information content (AvgIpc) is 3.28. The zero-order chi connectivity index (χ0) is 26.2. The van der Waals surface area contributed by atoms with Crippen molar-refractivity contribution in [1.29, 1.82) is 0 Å². The Morgan fingerprint density at radius 3 is 2.56 bits per heavy atom. The van der Waals surface area contributed by atoms with E-state index in [-0.39, 0.29) is 12.3 Å². The maximum atomic E-state index is 12.8. The van der Waals surface area contributed by atoms with Crippen LogP contribution < -0.4 is 4.74 Å². The molecular formula is C26H34N2O8. The van der Waals surface area contributed by atoms with Crippen molar-refractivity contribution in [1.82, 2.24) is 4.98 Å². The van der Waals surface area contributed by atoms with Crippen LogP contribution in [0.1, 0.15) is 25.3 Å². The van der Waals surface area contributed by atoms with E-state index in [1.807, 2.05) is 24.4 Å². The standard InChI is InChI=1S/C26H34N2O8/c1-15(29)36-22-10-17(20(12-23(30)33-3)24(25(22)34-4)26(31)35-5)13-27-9-8-16-14-28-21-11-18(32-2)6-7-19(16)21/h6-7,11,13-14,17,20,22,24-25,28H,8-10,12H2,1-5H3/t17-,20+,22-,24+,25+/m1/s1. The number of H-pyrrole nitrogens is 1. The molecule has 0 radical (unpaired) electrons. The van der Waals surface area contributed by atoms with Gasteiger partial charge in [-0.3, -0.25) is 19.4 Å². The highest BCUT2D eigenvalue weighted by Crippen LogP contribution is 2.40. The van der Waals surface area contributed by atoms with Crippen molar-refractivity contribution < 1.29 is 38.1 Å². The second-order valence-electron chi connectivity index (χ2n) is 8.77. The summed E-state index contributed by atoms with van der Waals surface area (Å²) in [5, 5.41) is 1.09. The summed E-state index contributed by atoms with van der Waals surface area (Å²) in [6.07, 6.45) is 3.27. The summed E-state index contributed by atoms with van der Waals surface area (Å²) in [6.45, 7) is 1.80. The molecule has 0 spiro atoms. The molecule has 1 saturated carbocycles. The minimum absolute atomic E-state index is 0.0239. The lowest BCUT2D eigenvalue weighted by atomic mass is 9.68. The summed E-state index contributed by atoms with van der Waals surface area (Å²) in [4.78, 5) is 44.7. The van der Waals surface area contributed by atoms with Crippen LogP contribution in [0.3, 0.4) is 0 Å². The number of fused-ring (bicyclic) bond motifs is 1. The number of aromatic nitrogens is 1. The molecule has 10 heteroatoms. The molecule has 36 heavy (non-hydrogen) atoms. The van der Waals surface area contributed by atoms with Gasteiger partial charge in [0.15, 0.2) is 0 Å². The summed E-state index contributed by atoms with van der Waals surface area (Å²) in [5.74, 6) is -2.37. The molecule has 1 aliphatic carbocycles. The van der Waals surface area contributed by atoms with E-state index in [1.54, 1.807) is 13.3 Å². The maximum absolute atomic E-state index is 12.8. The molecule has 1 fully saturated rings. The van der Waals surface area contributed by atoms with Crippen molar-refractivity contribution in [2.24, 2.45) is 22.7 Å². The quantitative estimate of drug-likeness (QED) is 0.299. The molecule has 1 aromatic carbocycles. The first-order valence-corrected chi connectivity index (χ1v) is 11.8.